The lowest BCUT2D eigenvalue weighted by Crippen LogP contribution is -2.21. The van der Waals surface area contributed by atoms with Gasteiger partial charge in [-0.25, -0.2) is 20.3 Å². The Morgan fingerprint density at radius 1 is 1.00 bits per heavy atom. The summed E-state index contributed by atoms with van der Waals surface area (Å²) in [5.41, 5.74) is -0.835. The molecule has 3 heterocycles. The van der Waals surface area contributed by atoms with E-state index in [-0.39, 0.29) is 36.3 Å². The molecule has 2 N–H and O–H groups in total. The normalized spacial score (nSPS) is 19.9. The maximum atomic E-state index is 13.7. The molecule has 13 heteroatoms. The van der Waals surface area contributed by atoms with Crippen molar-refractivity contribution in [2.45, 2.75) is 55.8 Å². The van der Waals surface area contributed by atoms with Crippen LogP contribution in [0.3, 0.4) is 0 Å². The number of nitrogens with one attached hydrogen (secondary N) is 2. The van der Waals surface area contributed by atoms with Crippen LogP contribution < -0.4 is 10.6 Å². The van der Waals surface area contributed by atoms with Crippen LogP contribution in [0.1, 0.15) is 43.5 Å². The van der Waals surface area contributed by atoms with E-state index >= 15 is 0 Å². The predicted octanol–water partition coefficient (Wildman–Crippen LogP) is 5.60. The molecule has 3 aromatic heterocycles. The minimum absolute atomic E-state index is 0.0312. The van der Waals surface area contributed by atoms with Crippen molar-refractivity contribution in [3.8, 4) is 11.5 Å². The summed E-state index contributed by atoms with van der Waals surface area (Å²) in [6.45, 7) is 7.43. The first kappa shape index (κ1) is 23.8. The van der Waals surface area contributed by atoms with Crippen LogP contribution in [0, 0.1) is 6.57 Å². The zero-order valence-corrected chi connectivity index (χ0v) is 18.7. The summed E-state index contributed by atoms with van der Waals surface area (Å²) in [4.78, 5) is 24.2. The maximum Gasteiger partial charge on any atom is 0.433 e. The maximum absolute atomic E-state index is 13.7. The number of nitrogens with zero attached hydrogens (tertiary/aromatic N) is 6. The Morgan fingerprint density at radius 3 is 2.44 bits per heavy atom. The van der Waals surface area contributed by atoms with Gasteiger partial charge < -0.3 is 15.5 Å². The molecule has 5 rings (SSSR count). The van der Waals surface area contributed by atoms with Crippen molar-refractivity contribution in [3.63, 3.8) is 0 Å². The number of rotatable bonds is 6. The number of alkyl halides is 5. The Bertz CT molecular complexity index is 1330. The fraction of sp³-hybridized carbons (Fsp3) is 0.391. The molecular formula is C23H19F5N8. The molecule has 0 radical (unpaired) electrons. The third kappa shape index (κ3) is 5.02. The minimum Gasteiger partial charge on any atom is -0.351 e. The third-order valence-corrected chi connectivity index (χ3v) is 6.07. The first-order chi connectivity index (χ1) is 17.1. The minimum atomic E-state index is -4.67. The van der Waals surface area contributed by atoms with E-state index < -0.39 is 35.8 Å². The SMILES string of the molecule is [C-]#[N+]C1(c2cc(Nc3nc(N[C@H]4CCC(F)(F)C4)nc(-c4cccc(C(F)(F)F)n4)n3)ccn2)CC1. The fourth-order valence-corrected chi connectivity index (χ4v) is 4.02. The molecule has 186 valence electrons. The zero-order chi connectivity index (χ0) is 25.6. The van der Waals surface area contributed by atoms with E-state index in [1.54, 1.807) is 12.1 Å². The lowest BCUT2D eigenvalue weighted by atomic mass is 10.1. The van der Waals surface area contributed by atoms with E-state index in [1.807, 2.05) is 0 Å². The molecule has 0 spiro atoms. The van der Waals surface area contributed by atoms with Crippen LogP contribution >= 0.6 is 0 Å². The summed E-state index contributed by atoms with van der Waals surface area (Å²) >= 11 is 0. The summed E-state index contributed by atoms with van der Waals surface area (Å²) < 4.78 is 67.0. The van der Waals surface area contributed by atoms with Crippen molar-refractivity contribution in [1.82, 2.24) is 24.9 Å². The molecular weight excluding hydrogens is 483 g/mol. The molecule has 2 fully saturated rings. The van der Waals surface area contributed by atoms with Gasteiger partial charge in [0.05, 0.1) is 0 Å². The van der Waals surface area contributed by atoms with Crippen molar-refractivity contribution >= 4 is 17.6 Å². The van der Waals surface area contributed by atoms with Crippen LogP contribution in [0.4, 0.5) is 39.5 Å². The number of anilines is 3. The average Bonchev–Trinajstić information content (AvgIpc) is 3.56. The molecule has 0 saturated heterocycles. The van der Waals surface area contributed by atoms with Crippen molar-refractivity contribution in [2.75, 3.05) is 10.6 Å². The Morgan fingerprint density at radius 2 is 1.78 bits per heavy atom. The van der Waals surface area contributed by atoms with E-state index in [9.17, 15) is 22.0 Å². The van der Waals surface area contributed by atoms with E-state index in [1.165, 1.54) is 18.3 Å². The van der Waals surface area contributed by atoms with Gasteiger partial charge in [0.2, 0.25) is 17.8 Å². The Balaban J connectivity index is 1.49. The highest BCUT2D eigenvalue weighted by molar-refractivity contribution is 5.59. The quantitative estimate of drug-likeness (QED) is 0.335. The van der Waals surface area contributed by atoms with Gasteiger partial charge in [-0.1, -0.05) is 6.07 Å². The van der Waals surface area contributed by atoms with Gasteiger partial charge in [-0.05, 0) is 30.7 Å². The van der Waals surface area contributed by atoms with Crippen molar-refractivity contribution in [1.29, 1.82) is 0 Å². The lowest BCUT2D eigenvalue weighted by molar-refractivity contribution is -0.141. The van der Waals surface area contributed by atoms with Crippen molar-refractivity contribution < 1.29 is 22.0 Å². The number of aromatic nitrogens is 5. The Kier molecular flexibility index (Phi) is 5.69. The lowest BCUT2D eigenvalue weighted by Gasteiger charge is -2.15. The monoisotopic (exact) mass is 502 g/mol. The molecule has 0 amide bonds. The molecule has 36 heavy (non-hydrogen) atoms. The number of halogens is 5. The molecule has 0 aliphatic heterocycles. The van der Waals surface area contributed by atoms with E-state index in [0.29, 0.717) is 24.2 Å². The van der Waals surface area contributed by atoms with Gasteiger partial charge in [0.25, 0.3) is 5.54 Å². The second-order valence-corrected chi connectivity index (χ2v) is 8.85. The van der Waals surface area contributed by atoms with Gasteiger partial charge in [0, 0.05) is 43.6 Å². The summed E-state index contributed by atoms with van der Waals surface area (Å²) in [5.74, 6) is -3.08. The second-order valence-electron chi connectivity index (χ2n) is 8.85. The molecule has 0 aromatic carbocycles. The van der Waals surface area contributed by atoms with Gasteiger partial charge in [-0.2, -0.15) is 28.1 Å². The molecule has 3 aromatic rings. The van der Waals surface area contributed by atoms with Crippen LogP contribution in [0.5, 0.6) is 0 Å². The molecule has 2 aliphatic rings. The topological polar surface area (TPSA) is 92.9 Å². The highest BCUT2D eigenvalue weighted by Gasteiger charge is 2.54. The summed E-state index contributed by atoms with van der Waals surface area (Å²) in [7, 11) is 0. The first-order valence-corrected chi connectivity index (χ1v) is 11.1. The standard InChI is InChI=1S/C23H19F5N8/c1-29-21(8-9-21)17-11-13(6-10-30-17)31-19-34-18(15-3-2-4-16(33-15)23(26,27)28)35-20(36-19)32-14-5-7-22(24,25)12-14/h2-4,6,10-11,14H,5,7-9,12H2,(H2,30,31,32,34,35,36)/t14-/m0/s1. The predicted molar refractivity (Wildman–Crippen MR) is 119 cm³/mol. The van der Waals surface area contributed by atoms with Gasteiger partial charge in [0.15, 0.2) is 5.82 Å². The van der Waals surface area contributed by atoms with Crippen LogP contribution in [-0.4, -0.2) is 36.9 Å². The van der Waals surface area contributed by atoms with E-state index in [4.69, 9.17) is 6.57 Å². The second kappa shape index (κ2) is 8.61. The Labute approximate surface area is 202 Å². The molecule has 2 saturated carbocycles. The van der Waals surface area contributed by atoms with E-state index in [2.05, 4.69) is 40.4 Å². The van der Waals surface area contributed by atoms with Gasteiger partial charge >= 0.3 is 6.18 Å². The number of hydrogen-bond acceptors (Lipinski definition) is 7. The fourth-order valence-electron chi connectivity index (χ4n) is 4.02. The molecule has 2 aliphatic carbocycles. The van der Waals surface area contributed by atoms with Crippen LogP contribution in [-0.2, 0) is 11.7 Å². The van der Waals surface area contributed by atoms with E-state index in [0.717, 1.165) is 6.07 Å². The first-order valence-electron chi connectivity index (χ1n) is 11.1. The van der Waals surface area contributed by atoms with Gasteiger partial charge in [-0.15, -0.1) is 0 Å². The summed E-state index contributed by atoms with van der Waals surface area (Å²) in [6, 6.07) is 6.02. The Hall–Kier alpha value is -3.95. The van der Waals surface area contributed by atoms with Crippen LogP contribution in [0.25, 0.3) is 16.4 Å². The van der Waals surface area contributed by atoms with Crippen LogP contribution in [0.2, 0.25) is 0 Å². The largest absolute Gasteiger partial charge is 0.433 e. The summed E-state index contributed by atoms with van der Waals surface area (Å²) in [5, 5.41) is 5.81. The molecule has 0 unspecified atom stereocenters. The van der Waals surface area contributed by atoms with Gasteiger partial charge in [0.1, 0.15) is 17.1 Å². The molecule has 1 atom stereocenters. The van der Waals surface area contributed by atoms with Crippen molar-refractivity contribution in [2.24, 2.45) is 0 Å². The smallest absolute Gasteiger partial charge is 0.351 e. The number of hydrogen-bond donors (Lipinski definition) is 2. The number of pyridine rings is 2. The molecule has 8 nitrogen and oxygen atoms in total. The third-order valence-electron chi connectivity index (χ3n) is 6.07. The van der Waals surface area contributed by atoms with Crippen molar-refractivity contribution in [3.05, 3.63) is 59.3 Å². The highest BCUT2D eigenvalue weighted by atomic mass is 19.4. The molecule has 0 bridgehead atoms. The van der Waals surface area contributed by atoms with Gasteiger partial charge in [-0.3, -0.25) is 4.98 Å². The summed E-state index contributed by atoms with van der Waals surface area (Å²) in [6.07, 6.45) is -2.26. The average molecular weight is 502 g/mol. The zero-order valence-electron chi connectivity index (χ0n) is 18.7. The highest BCUT2D eigenvalue weighted by Crippen LogP contribution is 2.49. The van der Waals surface area contributed by atoms with Crippen LogP contribution in [0.15, 0.2) is 36.5 Å².